The van der Waals surface area contributed by atoms with Crippen LogP contribution in [0.1, 0.15) is 26.2 Å². The van der Waals surface area contributed by atoms with E-state index in [4.69, 9.17) is 0 Å². The first-order valence-electron chi connectivity index (χ1n) is 7.58. The third-order valence-corrected chi connectivity index (χ3v) is 4.40. The number of para-hydroxylation sites is 2. The van der Waals surface area contributed by atoms with Crippen LogP contribution in [0.15, 0.2) is 24.3 Å². The van der Waals surface area contributed by atoms with Crippen molar-refractivity contribution >= 4 is 23.2 Å². The maximum atomic E-state index is 12.6. The molecule has 2 atom stereocenters. The van der Waals surface area contributed by atoms with Gasteiger partial charge in [0.05, 0.1) is 11.4 Å². The van der Waals surface area contributed by atoms with Gasteiger partial charge in [-0.25, -0.2) is 0 Å². The van der Waals surface area contributed by atoms with Gasteiger partial charge < -0.3 is 15.5 Å². The normalized spacial score (nSPS) is 25.2. The van der Waals surface area contributed by atoms with Gasteiger partial charge in [-0.1, -0.05) is 19.1 Å². The Kier molecular flexibility index (Phi) is 3.92. The summed E-state index contributed by atoms with van der Waals surface area (Å²) in [6.07, 6.45) is 2.77. The van der Waals surface area contributed by atoms with Gasteiger partial charge in [0.1, 0.15) is 6.54 Å². The molecule has 112 valence electrons. The Morgan fingerprint density at radius 2 is 2.19 bits per heavy atom. The highest BCUT2D eigenvalue weighted by molar-refractivity contribution is 6.09. The van der Waals surface area contributed by atoms with Crippen molar-refractivity contribution in [3.05, 3.63) is 24.3 Å². The van der Waals surface area contributed by atoms with Crippen molar-refractivity contribution in [2.24, 2.45) is 5.92 Å². The molecule has 1 aromatic rings. The van der Waals surface area contributed by atoms with E-state index in [1.54, 1.807) is 4.90 Å². The predicted molar refractivity (Wildman–Crippen MR) is 82.2 cm³/mol. The van der Waals surface area contributed by atoms with E-state index in [9.17, 15) is 9.59 Å². The monoisotopic (exact) mass is 287 g/mol. The number of benzene rings is 1. The summed E-state index contributed by atoms with van der Waals surface area (Å²) >= 11 is 0. The van der Waals surface area contributed by atoms with Gasteiger partial charge in [-0.05, 0) is 37.4 Å². The van der Waals surface area contributed by atoms with Crippen LogP contribution < -0.4 is 15.5 Å². The molecule has 3 rings (SSSR count). The molecular formula is C16H21N3O2. The van der Waals surface area contributed by atoms with Crippen LogP contribution in [0.3, 0.4) is 0 Å². The summed E-state index contributed by atoms with van der Waals surface area (Å²) in [6.45, 7) is 3.26. The molecule has 2 aliphatic heterocycles. The number of amides is 2. The molecule has 0 spiro atoms. The van der Waals surface area contributed by atoms with Gasteiger partial charge in [0.15, 0.2) is 0 Å². The zero-order chi connectivity index (χ0) is 14.8. The topological polar surface area (TPSA) is 61.4 Å². The van der Waals surface area contributed by atoms with Crippen molar-refractivity contribution < 1.29 is 9.59 Å². The van der Waals surface area contributed by atoms with Crippen molar-refractivity contribution in [1.29, 1.82) is 0 Å². The van der Waals surface area contributed by atoms with Crippen LogP contribution in [0.25, 0.3) is 0 Å². The summed E-state index contributed by atoms with van der Waals surface area (Å²) in [6, 6.07) is 7.66. The number of anilines is 2. The molecule has 5 nitrogen and oxygen atoms in total. The number of fused-ring (bicyclic) bond motifs is 1. The number of nitrogens with zero attached hydrogens (tertiary/aromatic N) is 1. The first-order chi connectivity index (χ1) is 10.1. The minimum atomic E-state index is -0.133. The number of carbonyl (C=O) groups is 2. The number of nitrogens with one attached hydrogen (secondary N) is 2. The second-order valence-electron chi connectivity index (χ2n) is 5.93. The van der Waals surface area contributed by atoms with E-state index in [0.29, 0.717) is 18.0 Å². The van der Waals surface area contributed by atoms with Crippen molar-refractivity contribution in [2.45, 2.75) is 32.2 Å². The standard InChI is InChI=1S/C16H21N3O2/c1-11-5-4-8-17-13(11)9-16(21)19-10-15(20)18-12-6-2-3-7-14(12)19/h2-3,6-7,11,13,17H,4-5,8-10H2,1H3,(H,18,20). The second kappa shape index (κ2) is 5.85. The van der Waals surface area contributed by atoms with Gasteiger partial charge in [0, 0.05) is 12.5 Å². The molecule has 0 bridgehead atoms. The highest BCUT2D eigenvalue weighted by atomic mass is 16.2. The SMILES string of the molecule is CC1CCCNC1CC(=O)N1CC(=O)Nc2ccccc21. The maximum Gasteiger partial charge on any atom is 0.244 e. The van der Waals surface area contributed by atoms with Crippen molar-refractivity contribution in [3.63, 3.8) is 0 Å². The molecule has 5 heteroatoms. The highest BCUT2D eigenvalue weighted by Gasteiger charge is 2.30. The Morgan fingerprint density at radius 3 is 3.00 bits per heavy atom. The van der Waals surface area contributed by atoms with E-state index in [2.05, 4.69) is 17.6 Å². The van der Waals surface area contributed by atoms with Crippen LogP contribution >= 0.6 is 0 Å². The number of rotatable bonds is 2. The predicted octanol–water partition coefficient (Wildman–Crippen LogP) is 1.75. The smallest absolute Gasteiger partial charge is 0.244 e. The lowest BCUT2D eigenvalue weighted by Gasteiger charge is -2.33. The van der Waals surface area contributed by atoms with Gasteiger partial charge in [-0.3, -0.25) is 9.59 Å². The maximum absolute atomic E-state index is 12.6. The molecule has 0 saturated carbocycles. The number of hydrogen-bond donors (Lipinski definition) is 2. The van der Waals surface area contributed by atoms with Crippen molar-refractivity contribution in [2.75, 3.05) is 23.3 Å². The zero-order valence-corrected chi connectivity index (χ0v) is 12.3. The van der Waals surface area contributed by atoms with Crippen LogP contribution in [-0.2, 0) is 9.59 Å². The van der Waals surface area contributed by atoms with E-state index < -0.39 is 0 Å². The summed E-state index contributed by atoms with van der Waals surface area (Å²) in [5, 5.41) is 6.23. The summed E-state index contributed by atoms with van der Waals surface area (Å²) in [5.74, 6) is 0.381. The molecular weight excluding hydrogens is 266 g/mol. The van der Waals surface area contributed by atoms with Crippen LogP contribution in [0, 0.1) is 5.92 Å². The van der Waals surface area contributed by atoms with E-state index in [-0.39, 0.29) is 24.4 Å². The van der Waals surface area contributed by atoms with Crippen LogP contribution in [0.5, 0.6) is 0 Å². The van der Waals surface area contributed by atoms with Gasteiger partial charge in [-0.2, -0.15) is 0 Å². The van der Waals surface area contributed by atoms with Crippen LogP contribution in [0.2, 0.25) is 0 Å². The molecule has 1 aromatic carbocycles. The van der Waals surface area contributed by atoms with E-state index in [0.717, 1.165) is 18.7 Å². The molecule has 2 aliphatic rings. The third kappa shape index (κ3) is 2.93. The van der Waals surface area contributed by atoms with Gasteiger partial charge in [-0.15, -0.1) is 0 Å². The fraction of sp³-hybridized carbons (Fsp3) is 0.500. The Hall–Kier alpha value is -1.88. The van der Waals surface area contributed by atoms with E-state index in [1.165, 1.54) is 6.42 Å². The zero-order valence-electron chi connectivity index (χ0n) is 12.3. The number of piperidine rings is 1. The lowest BCUT2D eigenvalue weighted by molar-refractivity contribution is -0.122. The molecule has 21 heavy (non-hydrogen) atoms. The van der Waals surface area contributed by atoms with Gasteiger partial charge in [0.25, 0.3) is 0 Å². The quantitative estimate of drug-likeness (QED) is 0.871. The van der Waals surface area contributed by atoms with Crippen LogP contribution in [-0.4, -0.2) is 30.9 Å². The summed E-state index contributed by atoms with van der Waals surface area (Å²) in [4.78, 5) is 26.0. The molecule has 2 amide bonds. The Balaban J connectivity index is 1.77. The third-order valence-electron chi connectivity index (χ3n) is 4.40. The molecule has 1 fully saturated rings. The minimum Gasteiger partial charge on any atom is -0.323 e. The van der Waals surface area contributed by atoms with Gasteiger partial charge in [0.2, 0.25) is 11.8 Å². The lowest BCUT2D eigenvalue weighted by Crippen LogP contribution is -2.47. The minimum absolute atomic E-state index is 0.0172. The summed E-state index contributed by atoms with van der Waals surface area (Å²) < 4.78 is 0. The fourth-order valence-corrected chi connectivity index (χ4v) is 3.14. The number of carbonyl (C=O) groups excluding carboxylic acids is 2. The Morgan fingerprint density at radius 1 is 1.38 bits per heavy atom. The summed E-state index contributed by atoms with van der Waals surface area (Å²) in [7, 11) is 0. The molecule has 1 saturated heterocycles. The molecule has 0 aromatic heterocycles. The average Bonchev–Trinajstić information content (AvgIpc) is 2.48. The van der Waals surface area contributed by atoms with E-state index >= 15 is 0 Å². The second-order valence-corrected chi connectivity index (χ2v) is 5.93. The fourth-order valence-electron chi connectivity index (χ4n) is 3.14. The highest BCUT2D eigenvalue weighted by Crippen LogP contribution is 2.30. The largest absolute Gasteiger partial charge is 0.323 e. The summed E-state index contributed by atoms with van der Waals surface area (Å²) in [5.41, 5.74) is 1.51. The lowest BCUT2D eigenvalue weighted by atomic mass is 9.90. The molecule has 2 heterocycles. The van der Waals surface area contributed by atoms with Crippen molar-refractivity contribution in [1.82, 2.24) is 5.32 Å². The van der Waals surface area contributed by atoms with Crippen molar-refractivity contribution in [3.8, 4) is 0 Å². The number of hydrogen-bond acceptors (Lipinski definition) is 3. The molecule has 0 aliphatic carbocycles. The van der Waals surface area contributed by atoms with Crippen LogP contribution in [0.4, 0.5) is 11.4 Å². The van der Waals surface area contributed by atoms with Gasteiger partial charge >= 0.3 is 0 Å². The average molecular weight is 287 g/mol. The first kappa shape index (κ1) is 14.1. The molecule has 0 radical (unpaired) electrons. The van der Waals surface area contributed by atoms with E-state index in [1.807, 2.05) is 24.3 Å². The Labute approximate surface area is 124 Å². The Bertz CT molecular complexity index is 558. The first-order valence-corrected chi connectivity index (χ1v) is 7.58. The molecule has 2 unspecified atom stereocenters. The molecule has 2 N–H and O–H groups in total.